The number of rotatable bonds is 6. The number of amides is 2. The minimum absolute atomic E-state index is 0.221. The van der Waals surface area contributed by atoms with Crippen LogP contribution < -0.4 is 4.90 Å². The molecule has 3 rings (SSSR count). The Bertz CT molecular complexity index is 1140. The van der Waals surface area contributed by atoms with E-state index in [4.69, 9.17) is 16.3 Å². The molecule has 3 aromatic rings. The minimum Gasteiger partial charge on any atom is -0.464 e. The smallest absolute Gasteiger partial charge is 0.302 e. The van der Waals surface area contributed by atoms with Crippen LogP contribution in [0.1, 0.15) is 26.5 Å². The first-order chi connectivity index (χ1) is 14.7. The first-order valence-electron chi connectivity index (χ1n) is 9.70. The van der Waals surface area contributed by atoms with Crippen molar-refractivity contribution in [3.8, 4) is 0 Å². The third kappa shape index (κ3) is 4.94. The van der Waals surface area contributed by atoms with Crippen molar-refractivity contribution in [2.24, 2.45) is 0 Å². The van der Waals surface area contributed by atoms with Gasteiger partial charge in [-0.25, -0.2) is 0 Å². The van der Waals surface area contributed by atoms with Crippen molar-refractivity contribution >= 4 is 57.7 Å². The fourth-order valence-corrected chi connectivity index (χ4v) is 4.73. The maximum atomic E-state index is 12.3. The zero-order valence-corrected chi connectivity index (χ0v) is 19.3. The van der Waals surface area contributed by atoms with Crippen molar-refractivity contribution in [3.63, 3.8) is 0 Å². The highest BCUT2D eigenvalue weighted by atomic mass is 35.5. The molecule has 31 heavy (non-hydrogen) atoms. The Kier molecular flexibility index (Phi) is 7.08. The zero-order valence-electron chi connectivity index (χ0n) is 17.8. The van der Waals surface area contributed by atoms with Crippen LogP contribution >= 0.6 is 23.4 Å². The fourth-order valence-electron chi connectivity index (χ4n) is 3.53. The lowest BCUT2D eigenvalue weighted by Gasteiger charge is -2.19. The fraction of sp³-hybridized carbons (Fsp3) is 0.261. The van der Waals surface area contributed by atoms with E-state index in [9.17, 15) is 14.4 Å². The normalized spacial score (nSPS) is 10.9. The quantitative estimate of drug-likeness (QED) is 0.474. The van der Waals surface area contributed by atoms with Gasteiger partial charge in [-0.3, -0.25) is 19.3 Å². The second kappa shape index (κ2) is 9.58. The molecule has 0 N–H and O–H groups in total. The zero-order chi connectivity index (χ0) is 22.7. The molecule has 0 aliphatic carbocycles. The third-order valence-corrected chi connectivity index (χ3v) is 6.26. The Morgan fingerprint density at radius 1 is 1.03 bits per heavy atom. The lowest BCUT2D eigenvalue weighted by Crippen LogP contribution is -2.33. The van der Waals surface area contributed by atoms with E-state index < -0.39 is 0 Å². The molecule has 0 atom stereocenters. The Morgan fingerprint density at radius 2 is 1.68 bits per heavy atom. The lowest BCUT2D eigenvalue weighted by atomic mass is 10.2. The van der Waals surface area contributed by atoms with Gasteiger partial charge in [0, 0.05) is 46.7 Å². The van der Waals surface area contributed by atoms with Crippen LogP contribution in [-0.4, -0.2) is 29.0 Å². The van der Waals surface area contributed by atoms with Crippen molar-refractivity contribution in [2.75, 3.05) is 11.5 Å². The van der Waals surface area contributed by atoms with Gasteiger partial charge in [0.1, 0.15) is 6.61 Å². The molecule has 6 nitrogen and oxygen atoms in total. The standard InChI is InChI=1S/C23H23ClN2O4S/c1-14-23(31-19-10-8-18(24)9-11-19)22-20(25(14)12-13-30-17(4)29)6-5-7-21(22)26(15(2)27)16(3)28/h5-11H,12-13H2,1-4H3. The largest absolute Gasteiger partial charge is 0.464 e. The number of imide groups is 1. The third-order valence-electron chi connectivity index (χ3n) is 4.80. The average Bonchev–Trinajstić information content (AvgIpc) is 2.95. The number of carbonyl (C=O) groups is 3. The van der Waals surface area contributed by atoms with Crippen molar-refractivity contribution in [1.82, 2.24) is 4.57 Å². The minimum atomic E-state index is -0.354. The van der Waals surface area contributed by atoms with Gasteiger partial charge in [0.15, 0.2) is 0 Å². The molecule has 0 radical (unpaired) electrons. The number of halogens is 1. The van der Waals surface area contributed by atoms with Crippen LogP contribution in [0.2, 0.25) is 5.02 Å². The molecular weight excluding hydrogens is 436 g/mol. The molecular formula is C23H23ClN2O4S. The molecule has 0 aliphatic heterocycles. The molecule has 0 saturated heterocycles. The highest BCUT2D eigenvalue weighted by molar-refractivity contribution is 7.99. The average molecular weight is 459 g/mol. The summed E-state index contributed by atoms with van der Waals surface area (Å²) in [4.78, 5) is 38.9. The predicted octanol–water partition coefficient (Wildman–Crippen LogP) is 5.22. The van der Waals surface area contributed by atoms with E-state index in [-0.39, 0.29) is 24.4 Å². The first-order valence-corrected chi connectivity index (χ1v) is 10.9. The summed E-state index contributed by atoms with van der Waals surface area (Å²) in [7, 11) is 0. The number of hydrogen-bond acceptors (Lipinski definition) is 5. The summed E-state index contributed by atoms with van der Waals surface area (Å²) in [5.41, 5.74) is 2.33. The molecule has 1 aromatic heterocycles. The number of esters is 1. The van der Waals surface area contributed by atoms with Crippen molar-refractivity contribution in [1.29, 1.82) is 0 Å². The second-order valence-electron chi connectivity index (χ2n) is 7.01. The summed E-state index contributed by atoms with van der Waals surface area (Å²) in [5, 5.41) is 1.44. The maximum Gasteiger partial charge on any atom is 0.302 e. The number of nitrogens with zero attached hydrogens (tertiary/aromatic N) is 2. The number of aromatic nitrogens is 1. The predicted molar refractivity (Wildman–Crippen MR) is 123 cm³/mol. The van der Waals surface area contributed by atoms with Crippen LogP contribution in [-0.2, 0) is 25.7 Å². The molecule has 2 amide bonds. The Hall–Kier alpha value is -2.77. The van der Waals surface area contributed by atoms with Crippen molar-refractivity contribution in [2.45, 2.75) is 44.0 Å². The van der Waals surface area contributed by atoms with E-state index in [1.165, 1.54) is 37.4 Å². The number of benzene rings is 2. The van der Waals surface area contributed by atoms with Gasteiger partial charge in [0.2, 0.25) is 11.8 Å². The summed E-state index contributed by atoms with van der Waals surface area (Å²) in [6, 6.07) is 13.0. The van der Waals surface area contributed by atoms with Crippen LogP contribution in [0.5, 0.6) is 0 Å². The lowest BCUT2D eigenvalue weighted by molar-refractivity contribution is -0.141. The second-order valence-corrected chi connectivity index (χ2v) is 8.53. The molecule has 0 saturated carbocycles. The van der Waals surface area contributed by atoms with Gasteiger partial charge in [-0.1, -0.05) is 29.4 Å². The number of fused-ring (bicyclic) bond motifs is 1. The first kappa shape index (κ1) is 22.9. The molecule has 0 fully saturated rings. The van der Waals surface area contributed by atoms with E-state index >= 15 is 0 Å². The summed E-state index contributed by atoms with van der Waals surface area (Å²) >= 11 is 7.56. The maximum absolute atomic E-state index is 12.3. The Labute approximate surface area is 190 Å². The molecule has 0 bridgehead atoms. The highest BCUT2D eigenvalue weighted by Crippen LogP contribution is 2.43. The summed E-state index contributed by atoms with van der Waals surface area (Å²) in [6.45, 7) is 6.76. The molecule has 0 spiro atoms. The molecule has 1 heterocycles. The number of hydrogen-bond donors (Lipinski definition) is 0. The summed E-state index contributed by atoms with van der Waals surface area (Å²) in [5.74, 6) is -1.05. The van der Waals surface area contributed by atoms with Crippen LogP contribution in [0.15, 0.2) is 52.3 Å². The van der Waals surface area contributed by atoms with Crippen LogP contribution in [0.25, 0.3) is 10.9 Å². The number of ether oxygens (including phenoxy) is 1. The van der Waals surface area contributed by atoms with E-state index in [0.29, 0.717) is 17.3 Å². The molecule has 0 unspecified atom stereocenters. The van der Waals surface area contributed by atoms with E-state index in [1.807, 2.05) is 47.9 Å². The van der Waals surface area contributed by atoms with E-state index in [2.05, 4.69) is 0 Å². The van der Waals surface area contributed by atoms with Crippen LogP contribution in [0.4, 0.5) is 5.69 Å². The van der Waals surface area contributed by atoms with Gasteiger partial charge in [0.25, 0.3) is 0 Å². The molecule has 2 aromatic carbocycles. The van der Waals surface area contributed by atoms with Crippen LogP contribution in [0.3, 0.4) is 0 Å². The van der Waals surface area contributed by atoms with E-state index in [0.717, 1.165) is 26.4 Å². The topological polar surface area (TPSA) is 68.6 Å². The highest BCUT2D eigenvalue weighted by Gasteiger charge is 2.24. The van der Waals surface area contributed by atoms with Crippen molar-refractivity contribution < 1.29 is 19.1 Å². The summed E-state index contributed by atoms with van der Waals surface area (Å²) < 4.78 is 7.18. The van der Waals surface area contributed by atoms with Gasteiger partial charge in [-0.15, -0.1) is 0 Å². The van der Waals surface area contributed by atoms with Gasteiger partial charge < -0.3 is 9.30 Å². The molecule has 8 heteroatoms. The van der Waals surface area contributed by atoms with Gasteiger partial charge in [-0.2, -0.15) is 0 Å². The monoisotopic (exact) mass is 458 g/mol. The number of carbonyl (C=O) groups excluding carboxylic acids is 3. The number of anilines is 1. The van der Waals surface area contributed by atoms with E-state index in [1.54, 1.807) is 6.07 Å². The van der Waals surface area contributed by atoms with Gasteiger partial charge in [0.05, 0.1) is 17.7 Å². The molecule has 0 aliphatic rings. The Morgan fingerprint density at radius 3 is 2.26 bits per heavy atom. The summed E-state index contributed by atoms with van der Waals surface area (Å²) in [6.07, 6.45) is 0. The van der Waals surface area contributed by atoms with Crippen molar-refractivity contribution in [3.05, 3.63) is 53.2 Å². The van der Waals surface area contributed by atoms with Gasteiger partial charge >= 0.3 is 5.97 Å². The molecule has 162 valence electrons. The Balaban J connectivity index is 2.21. The SMILES string of the molecule is CC(=O)OCCn1c(C)c(Sc2ccc(Cl)cc2)c2c(N(C(C)=O)C(C)=O)cccc21. The van der Waals surface area contributed by atoms with Crippen LogP contribution in [0, 0.1) is 6.92 Å². The van der Waals surface area contributed by atoms with Gasteiger partial charge in [-0.05, 0) is 43.3 Å².